The number of carbonyl (C=O) groups is 2. The lowest BCUT2D eigenvalue weighted by molar-refractivity contribution is -0.135. The monoisotopic (exact) mass is 543 g/mol. The minimum absolute atomic E-state index is 0.00781. The highest BCUT2D eigenvalue weighted by Gasteiger charge is 2.49. The summed E-state index contributed by atoms with van der Waals surface area (Å²) in [5.74, 6) is -0.0650. The summed E-state index contributed by atoms with van der Waals surface area (Å²) in [6.45, 7) is 2.45. The summed E-state index contributed by atoms with van der Waals surface area (Å²) in [7, 11) is 0. The van der Waals surface area contributed by atoms with E-state index in [2.05, 4.69) is 70.9 Å². The molecule has 1 N–H and O–H groups in total. The van der Waals surface area contributed by atoms with Crippen molar-refractivity contribution in [2.24, 2.45) is 0 Å². The van der Waals surface area contributed by atoms with E-state index in [4.69, 9.17) is 0 Å². The Morgan fingerprint density at radius 1 is 0.707 bits per heavy atom. The normalized spacial score (nSPS) is 17.6. The highest BCUT2D eigenvalue weighted by Crippen LogP contribution is 2.42. The molecule has 208 valence electrons. The molecule has 2 amide bonds. The highest BCUT2D eigenvalue weighted by atomic mass is 16.2. The van der Waals surface area contributed by atoms with E-state index in [1.807, 2.05) is 60.7 Å². The molecule has 4 aromatic carbocycles. The van der Waals surface area contributed by atoms with Gasteiger partial charge in [-0.05, 0) is 41.5 Å². The number of rotatable bonds is 8. The zero-order valence-electron chi connectivity index (χ0n) is 23.4. The minimum Gasteiger partial charge on any atom is -0.352 e. The second-order valence-corrected chi connectivity index (χ2v) is 11.2. The molecule has 0 atom stereocenters. The van der Waals surface area contributed by atoms with Crippen LogP contribution >= 0.6 is 0 Å². The third-order valence-corrected chi connectivity index (χ3v) is 8.77. The van der Waals surface area contributed by atoms with Crippen molar-refractivity contribution in [2.45, 2.75) is 36.8 Å². The maximum absolute atomic E-state index is 14.0. The first-order chi connectivity index (χ1) is 20.1. The number of nitrogens with zero attached hydrogens (tertiary/aromatic N) is 2. The van der Waals surface area contributed by atoms with E-state index in [1.54, 1.807) is 4.90 Å². The second kappa shape index (κ2) is 12.1. The Hall–Kier alpha value is -4.22. The molecule has 2 aliphatic rings. The molecule has 2 fully saturated rings. The first-order valence-electron chi connectivity index (χ1n) is 14.7. The summed E-state index contributed by atoms with van der Waals surface area (Å²) in [5, 5.41) is 3.25. The third-order valence-electron chi connectivity index (χ3n) is 8.77. The van der Waals surface area contributed by atoms with E-state index in [9.17, 15) is 9.59 Å². The number of piperidine rings is 1. The van der Waals surface area contributed by atoms with Crippen LogP contribution in [-0.2, 0) is 15.0 Å². The second-order valence-electron chi connectivity index (χ2n) is 11.2. The summed E-state index contributed by atoms with van der Waals surface area (Å²) in [6, 6.07) is 41.6. The average Bonchev–Trinajstić information content (AvgIpc) is 3.36. The van der Waals surface area contributed by atoms with Gasteiger partial charge in [0, 0.05) is 25.7 Å². The van der Waals surface area contributed by atoms with Crippen LogP contribution in [-0.4, -0.2) is 53.8 Å². The van der Waals surface area contributed by atoms with Gasteiger partial charge in [0.05, 0.1) is 12.6 Å². The predicted octanol–water partition coefficient (Wildman–Crippen LogP) is 5.58. The molecule has 0 radical (unpaired) electrons. The molecule has 2 aliphatic heterocycles. The topological polar surface area (TPSA) is 52.7 Å². The largest absolute Gasteiger partial charge is 0.352 e. The molecular weight excluding hydrogens is 506 g/mol. The summed E-state index contributed by atoms with van der Waals surface area (Å²) in [6.07, 6.45) is 2.42. The lowest BCUT2D eigenvalue weighted by atomic mass is 9.73. The lowest BCUT2D eigenvalue weighted by Crippen LogP contribution is -2.49. The first-order valence-corrected chi connectivity index (χ1v) is 14.7. The molecule has 41 heavy (non-hydrogen) atoms. The van der Waals surface area contributed by atoms with Crippen molar-refractivity contribution in [3.63, 3.8) is 0 Å². The van der Waals surface area contributed by atoms with E-state index in [-0.39, 0.29) is 30.4 Å². The van der Waals surface area contributed by atoms with Crippen LogP contribution in [0.15, 0.2) is 121 Å². The first kappa shape index (κ1) is 27.0. The van der Waals surface area contributed by atoms with Gasteiger partial charge < -0.3 is 10.2 Å². The van der Waals surface area contributed by atoms with Crippen LogP contribution < -0.4 is 5.32 Å². The van der Waals surface area contributed by atoms with Crippen molar-refractivity contribution in [3.8, 4) is 0 Å². The van der Waals surface area contributed by atoms with Gasteiger partial charge in [-0.25, -0.2) is 0 Å². The van der Waals surface area contributed by atoms with Crippen molar-refractivity contribution in [1.29, 1.82) is 0 Å². The van der Waals surface area contributed by atoms with Gasteiger partial charge in [-0.1, -0.05) is 121 Å². The van der Waals surface area contributed by atoms with Crippen LogP contribution in [0.25, 0.3) is 0 Å². The maximum atomic E-state index is 14.0. The molecule has 0 aliphatic carbocycles. The number of hydrogen-bond donors (Lipinski definition) is 1. The lowest BCUT2D eigenvalue weighted by Gasteiger charge is -2.38. The molecular formula is C36H37N3O2. The molecule has 4 aromatic rings. The Balaban J connectivity index is 1.10. The van der Waals surface area contributed by atoms with Gasteiger partial charge in [0.1, 0.15) is 5.41 Å². The van der Waals surface area contributed by atoms with Crippen LogP contribution in [0.1, 0.15) is 47.6 Å². The smallest absolute Gasteiger partial charge is 0.239 e. The standard InChI is InChI=1S/C36H37N3O2/c40-33(27-39-26-23-36(35(39)41,30-17-9-3-10-18-30)31-19-11-4-12-20-31)37-32-21-24-38(25-22-32)34(28-13-5-1-6-14-28)29-15-7-2-8-16-29/h1-20,32,34H,21-27H2,(H,37,40). The Kier molecular flexibility index (Phi) is 7.97. The number of carbonyl (C=O) groups excluding carboxylic acids is 2. The number of amides is 2. The van der Waals surface area contributed by atoms with Gasteiger partial charge in [-0.2, -0.15) is 0 Å². The van der Waals surface area contributed by atoms with E-state index in [0.29, 0.717) is 13.0 Å². The van der Waals surface area contributed by atoms with Gasteiger partial charge in [-0.15, -0.1) is 0 Å². The van der Waals surface area contributed by atoms with Crippen molar-refractivity contribution >= 4 is 11.8 Å². The summed E-state index contributed by atoms with van der Waals surface area (Å²) in [5.41, 5.74) is 3.79. The molecule has 6 rings (SSSR count). The number of nitrogens with one attached hydrogen (secondary N) is 1. The summed E-state index contributed by atoms with van der Waals surface area (Å²) < 4.78 is 0. The van der Waals surface area contributed by atoms with Crippen molar-refractivity contribution in [1.82, 2.24) is 15.1 Å². The maximum Gasteiger partial charge on any atom is 0.239 e. The number of likely N-dealkylation sites (tertiary alicyclic amines) is 2. The number of hydrogen-bond acceptors (Lipinski definition) is 3. The van der Waals surface area contributed by atoms with E-state index >= 15 is 0 Å². The Morgan fingerprint density at radius 2 is 1.17 bits per heavy atom. The molecule has 0 unspecified atom stereocenters. The molecule has 0 spiro atoms. The molecule has 0 saturated carbocycles. The molecule has 0 aromatic heterocycles. The van der Waals surface area contributed by atoms with Gasteiger partial charge in [0.15, 0.2) is 0 Å². The van der Waals surface area contributed by atoms with Gasteiger partial charge in [0.25, 0.3) is 0 Å². The van der Waals surface area contributed by atoms with Gasteiger partial charge in [0.2, 0.25) is 11.8 Å². The van der Waals surface area contributed by atoms with Crippen LogP contribution in [0.4, 0.5) is 0 Å². The molecule has 0 bridgehead atoms. The highest BCUT2D eigenvalue weighted by molar-refractivity contribution is 5.96. The van der Waals surface area contributed by atoms with Crippen molar-refractivity contribution in [2.75, 3.05) is 26.2 Å². The Labute approximate surface area is 242 Å². The van der Waals surface area contributed by atoms with Crippen molar-refractivity contribution < 1.29 is 9.59 Å². The Bertz CT molecular complexity index is 1360. The van der Waals surface area contributed by atoms with Gasteiger partial charge >= 0.3 is 0 Å². The predicted molar refractivity (Wildman–Crippen MR) is 162 cm³/mol. The van der Waals surface area contributed by atoms with E-state index < -0.39 is 5.41 Å². The Morgan fingerprint density at radius 3 is 1.66 bits per heavy atom. The average molecular weight is 544 g/mol. The third kappa shape index (κ3) is 5.55. The fraction of sp³-hybridized carbons (Fsp3) is 0.278. The van der Waals surface area contributed by atoms with Crippen molar-refractivity contribution in [3.05, 3.63) is 144 Å². The van der Waals surface area contributed by atoms with Crippen LogP contribution in [0.2, 0.25) is 0 Å². The summed E-state index contributed by atoms with van der Waals surface area (Å²) in [4.78, 5) is 31.5. The van der Waals surface area contributed by atoms with Crippen LogP contribution in [0.5, 0.6) is 0 Å². The quantitative estimate of drug-likeness (QED) is 0.316. The molecule has 5 nitrogen and oxygen atoms in total. The number of benzene rings is 4. The van der Waals surface area contributed by atoms with Gasteiger partial charge in [-0.3, -0.25) is 14.5 Å². The van der Waals surface area contributed by atoms with Crippen LogP contribution in [0.3, 0.4) is 0 Å². The van der Waals surface area contributed by atoms with Crippen LogP contribution in [0, 0.1) is 0 Å². The van der Waals surface area contributed by atoms with E-state index in [1.165, 1.54) is 11.1 Å². The minimum atomic E-state index is -0.752. The zero-order valence-corrected chi connectivity index (χ0v) is 23.4. The van der Waals surface area contributed by atoms with E-state index in [0.717, 1.165) is 37.1 Å². The SMILES string of the molecule is O=C(CN1CCC(c2ccccc2)(c2ccccc2)C1=O)NC1CCN(C(c2ccccc2)c2ccccc2)CC1. The fourth-order valence-electron chi connectivity index (χ4n) is 6.71. The molecule has 5 heteroatoms. The molecule has 2 saturated heterocycles. The fourth-order valence-corrected chi connectivity index (χ4v) is 6.71. The molecule has 2 heterocycles. The summed E-state index contributed by atoms with van der Waals surface area (Å²) >= 11 is 0. The zero-order chi connectivity index (χ0) is 28.1.